The molecule has 2 bridgehead atoms. The quantitative estimate of drug-likeness (QED) is 0.541. The van der Waals surface area contributed by atoms with Crippen LogP contribution in [-0.4, -0.2) is 71.2 Å². The first-order chi connectivity index (χ1) is 15.3. The van der Waals surface area contributed by atoms with Crippen LogP contribution in [0.25, 0.3) is 0 Å². The van der Waals surface area contributed by atoms with Gasteiger partial charge in [0.15, 0.2) is 11.5 Å². The molecular formula is C25H38ClNO6. The fourth-order valence-corrected chi connectivity index (χ4v) is 6.41. The number of fused-ring (bicyclic) bond motifs is 2. The van der Waals surface area contributed by atoms with Crippen LogP contribution in [0.1, 0.15) is 44.0 Å². The van der Waals surface area contributed by atoms with Crippen LogP contribution in [0, 0.1) is 22.7 Å². The number of rotatable bonds is 7. The maximum Gasteiger partial charge on any atom is 0.338 e. The van der Waals surface area contributed by atoms with Crippen molar-refractivity contribution in [2.24, 2.45) is 22.7 Å². The zero-order chi connectivity index (χ0) is 23.1. The molecule has 0 radical (unpaired) electrons. The summed E-state index contributed by atoms with van der Waals surface area (Å²) in [6.07, 6.45) is 2.14. The van der Waals surface area contributed by atoms with Crippen molar-refractivity contribution in [1.29, 1.82) is 0 Å². The van der Waals surface area contributed by atoms with Crippen LogP contribution >= 0.6 is 12.4 Å². The van der Waals surface area contributed by atoms with Gasteiger partial charge in [0.25, 0.3) is 0 Å². The number of halogens is 1. The molecule has 0 spiro atoms. The smallest absolute Gasteiger partial charge is 0.338 e. The number of benzene rings is 1. The summed E-state index contributed by atoms with van der Waals surface area (Å²) in [5.41, 5.74) is 0.476. The summed E-state index contributed by atoms with van der Waals surface area (Å²) in [4.78, 5) is 15.9. The minimum Gasteiger partial charge on any atom is -0.493 e. The molecule has 186 valence electrons. The lowest BCUT2D eigenvalue weighted by molar-refractivity contribution is -0.0520. The second-order valence-corrected chi connectivity index (χ2v) is 10.1. The van der Waals surface area contributed by atoms with Gasteiger partial charge in [-0.15, -0.1) is 12.4 Å². The number of esters is 1. The number of methoxy groups -OCH3 is 3. The van der Waals surface area contributed by atoms with Crippen molar-refractivity contribution < 1.29 is 28.5 Å². The van der Waals surface area contributed by atoms with Crippen molar-refractivity contribution in [2.45, 2.75) is 39.7 Å². The highest BCUT2D eigenvalue weighted by Crippen LogP contribution is 2.68. The van der Waals surface area contributed by atoms with Crippen LogP contribution in [0.15, 0.2) is 12.1 Å². The lowest BCUT2D eigenvalue weighted by Crippen LogP contribution is -2.47. The van der Waals surface area contributed by atoms with Crippen LogP contribution < -0.4 is 14.2 Å². The minimum absolute atomic E-state index is 0. The van der Waals surface area contributed by atoms with Crippen LogP contribution in [0.5, 0.6) is 17.2 Å². The molecule has 4 atom stereocenters. The number of hydrogen-bond donors (Lipinski definition) is 0. The summed E-state index contributed by atoms with van der Waals surface area (Å²) >= 11 is 0. The Kier molecular flexibility index (Phi) is 7.76. The third-order valence-corrected chi connectivity index (χ3v) is 8.61. The molecule has 2 saturated carbocycles. The Balaban J connectivity index is 0.00000306. The van der Waals surface area contributed by atoms with Crippen molar-refractivity contribution in [1.82, 2.24) is 4.90 Å². The largest absolute Gasteiger partial charge is 0.493 e. The number of morpholine rings is 1. The Morgan fingerprint density at radius 3 is 2.21 bits per heavy atom. The first kappa shape index (κ1) is 25.9. The Morgan fingerprint density at radius 2 is 1.67 bits per heavy atom. The van der Waals surface area contributed by atoms with Gasteiger partial charge in [-0.3, -0.25) is 4.90 Å². The van der Waals surface area contributed by atoms with Crippen LogP contribution in [0.4, 0.5) is 0 Å². The molecule has 0 amide bonds. The highest BCUT2D eigenvalue weighted by molar-refractivity contribution is 5.91. The number of nitrogens with zero attached hydrogens (tertiary/aromatic N) is 1. The fraction of sp³-hybridized carbons (Fsp3) is 0.720. The summed E-state index contributed by atoms with van der Waals surface area (Å²) in [7, 11) is 4.64. The van der Waals surface area contributed by atoms with Gasteiger partial charge in [-0.2, -0.15) is 0 Å². The van der Waals surface area contributed by atoms with Crippen molar-refractivity contribution in [3.63, 3.8) is 0 Å². The molecule has 1 aromatic carbocycles. The third kappa shape index (κ3) is 4.28. The first-order valence-corrected chi connectivity index (χ1v) is 11.6. The zero-order valence-corrected chi connectivity index (χ0v) is 21.5. The SMILES string of the molecule is COc1cc(C(=O)OC2C(CN3CCOCC3)C3CCC2(C)C3(C)C)cc(OC)c1OC.Cl. The van der Waals surface area contributed by atoms with E-state index in [1.54, 1.807) is 33.5 Å². The molecule has 4 rings (SSSR count). The Hall–Kier alpha value is -1.70. The van der Waals surface area contributed by atoms with Crippen LogP contribution in [-0.2, 0) is 9.47 Å². The van der Waals surface area contributed by atoms with Crippen molar-refractivity contribution in [3.8, 4) is 17.2 Å². The molecule has 0 aromatic heterocycles. The van der Waals surface area contributed by atoms with E-state index in [-0.39, 0.29) is 35.3 Å². The molecule has 1 aliphatic heterocycles. The average molecular weight is 484 g/mol. The van der Waals surface area contributed by atoms with Gasteiger partial charge in [-0.05, 0) is 36.3 Å². The standard InChI is InChI=1S/C25H37NO6.ClH/c1-24(2)18-7-8-25(24,3)22(17(18)15-26-9-11-31-12-10-26)32-23(27)16-13-19(28-4)21(30-6)20(14-16)29-5;/h13-14,17-18,22H,7-12,15H2,1-6H3;1H. The van der Waals surface area contributed by atoms with Gasteiger partial charge in [0.2, 0.25) is 5.75 Å². The molecular weight excluding hydrogens is 446 g/mol. The number of carbonyl (C=O) groups excluding carboxylic acids is 1. The predicted molar refractivity (Wildman–Crippen MR) is 128 cm³/mol. The molecule has 3 fully saturated rings. The van der Waals surface area contributed by atoms with E-state index in [4.69, 9.17) is 23.7 Å². The van der Waals surface area contributed by atoms with Gasteiger partial charge in [-0.25, -0.2) is 4.79 Å². The lowest BCUT2D eigenvalue weighted by atomic mass is 9.70. The van der Waals surface area contributed by atoms with Gasteiger partial charge in [0, 0.05) is 31.0 Å². The Labute approximate surface area is 203 Å². The van der Waals surface area contributed by atoms with Crippen molar-refractivity contribution in [3.05, 3.63) is 17.7 Å². The normalized spacial score (nSPS) is 30.4. The zero-order valence-electron chi connectivity index (χ0n) is 20.6. The minimum atomic E-state index is -0.342. The van der Waals surface area contributed by atoms with E-state index in [1.807, 2.05) is 0 Å². The van der Waals surface area contributed by atoms with E-state index in [9.17, 15) is 4.79 Å². The second-order valence-electron chi connectivity index (χ2n) is 10.1. The maximum absolute atomic E-state index is 13.4. The van der Waals surface area contributed by atoms with E-state index in [0.29, 0.717) is 34.6 Å². The van der Waals surface area contributed by atoms with Gasteiger partial charge in [0.05, 0.1) is 40.1 Å². The van der Waals surface area contributed by atoms with Gasteiger partial charge < -0.3 is 23.7 Å². The molecule has 3 aliphatic rings. The van der Waals surface area contributed by atoms with E-state index >= 15 is 0 Å². The maximum atomic E-state index is 13.4. The van der Waals surface area contributed by atoms with Gasteiger partial charge in [-0.1, -0.05) is 20.8 Å². The summed E-state index contributed by atoms with van der Waals surface area (Å²) in [5, 5.41) is 0. The topological polar surface area (TPSA) is 66.5 Å². The molecule has 33 heavy (non-hydrogen) atoms. The molecule has 4 unspecified atom stereocenters. The third-order valence-electron chi connectivity index (χ3n) is 8.61. The molecule has 1 heterocycles. The molecule has 0 N–H and O–H groups in total. The number of hydrogen-bond acceptors (Lipinski definition) is 7. The summed E-state index contributed by atoms with van der Waals surface area (Å²) in [6.45, 7) is 11.4. The van der Waals surface area contributed by atoms with E-state index < -0.39 is 0 Å². The average Bonchev–Trinajstić information content (AvgIpc) is 3.11. The summed E-state index contributed by atoms with van der Waals surface area (Å²) < 4.78 is 28.1. The monoisotopic (exact) mass is 483 g/mol. The Morgan fingerprint density at radius 1 is 1.06 bits per heavy atom. The van der Waals surface area contributed by atoms with Crippen molar-refractivity contribution in [2.75, 3.05) is 54.2 Å². The highest BCUT2D eigenvalue weighted by Gasteiger charge is 2.67. The lowest BCUT2D eigenvalue weighted by Gasteiger charge is -2.40. The molecule has 1 saturated heterocycles. The van der Waals surface area contributed by atoms with Crippen LogP contribution in [0.2, 0.25) is 0 Å². The van der Waals surface area contributed by atoms with Gasteiger partial charge in [0.1, 0.15) is 6.10 Å². The van der Waals surface area contributed by atoms with E-state index in [1.165, 1.54) is 6.42 Å². The predicted octanol–water partition coefficient (Wildman–Crippen LogP) is 4.06. The van der Waals surface area contributed by atoms with Gasteiger partial charge >= 0.3 is 5.97 Å². The Bertz CT molecular complexity index is 830. The molecule has 7 nitrogen and oxygen atoms in total. The molecule has 1 aromatic rings. The first-order valence-electron chi connectivity index (χ1n) is 11.6. The number of carbonyl (C=O) groups is 1. The van der Waals surface area contributed by atoms with E-state index in [2.05, 4.69) is 25.7 Å². The second kappa shape index (κ2) is 9.88. The van der Waals surface area contributed by atoms with Crippen LogP contribution in [0.3, 0.4) is 0 Å². The number of ether oxygens (including phenoxy) is 5. The summed E-state index contributed by atoms with van der Waals surface area (Å²) in [5.74, 6) is 1.86. The van der Waals surface area contributed by atoms with E-state index in [0.717, 1.165) is 39.3 Å². The highest BCUT2D eigenvalue weighted by atomic mass is 35.5. The fourth-order valence-electron chi connectivity index (χ4n) is 6.41. The molecule has 2 aliphatic carbocycles. The molecule has 8 heteroatoms. The van der Waals surface area contributed by atoms with Crippen molar-refractivity contribution >= 4 is 18.4 Å². The summed E-state index contributed by atoms with van der Waals surface area (Å²) in [6, 6.07) is 3.34.